The summed E-state index contributed by atoms with van der Waals surface area (Å²) in [6.07, 6.45) is 4.31. The lowest BCUT2D eigenvalue weighted by molar-refractivity contribution is 0.155. The predicted molar refractivity (Wildman–Crippen MR) is 86.3 cm³/mol. The molecule has 0 bridgehead atoms. The summed E-state index contributed by atoms with van der Waals surface area (Å²) in [7, 11) is 2.20. The molecule has 0 aliphatic carbocycles. The maximum Gasteiger partial charge on any atom is 0.0940 e. The second-order valence-electron chi connectivity index (χ2n) is 5.81. The molecule has 2 heterocycles. The number of likely N-dealkylation sites (N-methyl/N-ethyl adjacent to an activating group) is 1. The molecule has 0 aromatic carbocycles. The van der Waals surface area contributed by atoms with Gasteiger partial charge in [-0.05, 0) is 20.4 Å². The maximum atomic E-state index is 4.56. The Kier molecular flexibility index (Phi) is 6.42. The van der Waals surface area contributed by atoms with Gasteiger partial charge in [-0.3, -0.25) is 0 Å². The van der Waals surface area contributed by atoms with Crippen LogP contribution in [0.3, 0.4) is 0 Å². The zero-order valence-corrected chi connectivity index (χ0v) is 13.9. The van der Waals surface area contributed by atoms with E-state index < -0.39 is 0 Å². The van der Waals surface area contributed by atoms with Crippen LogP contribution < -0.4 is 5.32 Å². The van der Waals surface area contributed by atoms with Crippen LogP contribution in [0.4, 0.5) is 0 Å². The predicted octanol–water partition coefficient (Wildman–Crippen LogP) is 1.82. The van der Waals surface area contributed by atoms with Crippen LogP contribution in [-0.4, -0.2) is 60.6 Å². The van der Waals surface area contributed by atoms with Crippen LogP contribution in [0.25, 0.3) is 0 Å². The molecule has 1 saturated heterocycles. The summed E-state index contributed by atoms with van der Waals surface area (Å²) < 4.78 is 0. The number of rotatable bonds is 7. The molecule has 1 unspecified atom stereocenters. The Morgan fingerprint density at radius 2 is 2.10 bits per heavy atom. The van der Waals surface area contributed by atoms with E-state index in [0.717, 1.165) is 19.5 Å². The van der Waals surface area contributed by atoms with Gasteiger partial charge >= 0.3 is 0 Å². The van der Waals surface area contributed by atoms with Gasteiger partial charge in [-0.25, -0.2) is 4.98 Å². The zero-order chi connectivity index (χ0) is 14.4. The van der Waals surface area contributed by atoms with Gasteiger partial charge in [0.05, 0.1) is 5.01 Å². The van der Waals surface area contributed by atoms with Crippen LogP contribution >= 0.6 is 11.3 Å². The summed E-state index contributed by atoms with van der Waals surface area (Å²) in [6.45, 7) is 11.3. The molecule has 1 aromatic heterocycles. The first-order chi connectivity index (χ1) is 9.67. The standard InChI is InChI=1S/C15H28N4S/c1-4-13(2)16-11-14-12-17-15(20-14)5-6-19-9-7-18(3)8-10-19/h12-13,16H,4-11H2,1-3H3. The van der Waals surface area contributed by atoms with Crippen molar-refractivity contribution in [1.29, 1.82) is 0 Å². The van der Waals surface area contributed by atoms with Crippen molar-refractivity contribution in [3.05, 3.63) is 16.1 Å². The fourth-order valence-corrected chi connectivity index (χ4v) is 3.15. The van der Waals surface area contributed by atoms with Gasteiger partial charge in [0.1, 0.15) is 0 Å². The number of hydrogen-bond donors (Lipinski definition) is 1. The number of nitrogens with zero attached hydrogens (tertiary/aromatic N) is 3. The molecule has 1 aromatic rings. The average Bonchev–Trinajstić information content (AvgIpc) is 2.92. The van der Waals surface area contributed by atoms with Crippen molar-refractivity contribution in [3.63, 3.8) is 0 Å². The highest BCUT2D eigenvalue weighted by Gasteiger charge is 2.14. The normalized spacial score (nSPS) is 19.4. The highest BCUT2D eigenvalue weighted by Crippen LogP contribution is 2.14. The van der Waals surface area contributed by atoms with Crippen LogP contribution in [0.2, 0.25) is 0 Å². The Bertz CT molecular complexity index is 385. The lowest BCUT2D eigenvalue weighted by atomic mass is 10.2. The molecule has 114 valence electrons. The van der Waals surface area contributed by atoms with Crippen molar-refractivity contribution in [3.8, 4) is 0 Å². The van der Waals surface area contributed by atoms with Gasteiger partial charge in [-0.1, -0.05) is 6.92 Å². The Morgan fingerprint density at radius 3 is 2.80 bits per heavy atom. The third kappa shape index (κ3) is 5.13. The Hall–Kier alpha value is -0.490. The van der Waals surface area contributed by atoms with Crippen LogP contribution in [0.5, 0.6) is 0 Å². The first-order valence-corrected chi connectivity index (χ1v) is 8.57. The zero-order valence-electron chi connectivity index (χ0n) is 13.1. The summed E-state index contributed by atoms with van der Waals surface area (Å²) in [5, 5.41) is 4.81. The van der Waals surface area contributed by atoms with Crippen molar-refractivity contribution < 1.29 is 0 Å². The second kappa shape index (κ2) is 8.08. The van der Waals surface area contributed by atoms with Crippen molar-refractivity contribution in [2.24, 2.45) is 0 Å². The van der Waals surface area contributed by atoms with Gasteiger partial charge in [0, 0.05) is 62.8 Å². The van der Waals surface area contributed by atoms with Gasteiger partial charge in [0.25, 0.3) is 0 Å². The van der Waals surface area contributed by atoms with E-state index in [9.17, 15) is 0 Å². The largest absolute Gasteiger partial charge is 0.309 e. The minimum absolute atomic E-state index is 0.589. The molecule has 0 saturated carbocycles. The Morgan fingerprint density at radius 1 is 1.35 bits per heavy atom. The van der Waals surface area contributed by atoms with E-state index in [2.05, 4.69) is 41.0 Å². The summed E-state index contributed by atoms with van der Waals surface area (Å²) in [4.78, 5) is 10.9. The molecule has 2 rings (SSSR count). The van der Waals surface area contributed by atoms with Gasteiger partial charge in [0.15, 0.2) is 0 Å². The molecule has 1 N–H and O–H groups in total. The van der Waals surface area contributed by atoms with E-state index in [4.69, 9.17) is 0 Å². The van der Waals surface area contributed by atoms with E-state index in [1.165, 1.54) is 42.5 Å². The second-order valence-corrected chi connectivity index (χ2v) is 7.01. The van der Waals surface area contributed by atoms with E-state index in [1.807, 2.05) is 17.5 Å². The highest BCUT2D eigenvalue weighted by atomic mass is 32.1. The molecule has 1 aliphatic rings. The molecule has 1 fully saturated rings. The molecule has 1 aliphatic heterocycles. The van der Waals surface area contributed by atoms with Crippen molar-refractivity contribution in [2.45, 2.75) is 39.3 Å². The molecule has 1 atom stereocenters. The summed E-state index contributed by atoms with van der Waals surface area (Å²) in [5.74, 6) is 0. The molecule has 4 nitrogen and oxygen atoms in total. The summed E-state index contributed by atoms with van der Waals surface area (Å²) >= 11 is 1.86. The summed E-state index contributed by atoms with van der Waals surface area (Å²) in [5.41, 5.74) is 0. The van der Waals surface area contributed by atoms with E-state index in [-0.39, 0.29) is 0 Å². The van der Waals surface area contributed by atoms with Crippen molar-refractivity contribution >= 4 is 11.3 Å². The minimum Gasteiger partial charge on any atom is -0.309 e. The molecule has 0 spiro atoms. The van der Waals surface area contributed by atoms with E-state index in [0.29, 0.717) is 6.04 Å². The number of nitrogens with one attached hydrogen (secondary N) is 1. The Labute approximate surface area is 127 Å². The number of thiazole rings is 1. The highest BCUT2D eigenvalue weighted by molar-refractivity contribution is 7.11. The third-order valence-corrected chi connectivity index (χ3v) is 5.13. The molecule has 0 amide bonds. The third-order valence-electron chi connectivity index (χ3n) is 4.08. The molecule has 0 radical (unpaired) electrons. The van der Waals surface area contributed by atoms with Crippen LogP contribution in [0.15, 0.2) is 6.20 Å². The fraction of sp³-hybridized carbons (Fsp3) is 0.800. The first kappa shape index (κ1) is 15.9. The van der Waals surface area contributed by atoms with Gasteiger partial charge in [0.2, 0.25) is 0 Å². The fourth-order valence-electron chi connectivity index (χ4n) is 2.29. The average molecular weight is 296 g/mol. The lowest BCUT2D eigenvalue weighted by Gasteiger charge is -2.32. The first-order valence-electron chi connectivity index (χ1n) is 7.75. The maximum absolute atomic E-state index is 4.56. The minimum atomic E-state index is 0.589. The smallest absolute Gasteiger partial charge is 0.0940 e. The Balaban J connectivity index is 1.70. The van der Waals surface area contributed by atoms with Crippen molar-refractivity contribution in [2.75, 3.05) is 39.8 Å². The SMILES string of the molecule is CCC(C)NCc1cnc(CCN2CCN(C)CC2)s1. The number of aromatic nitrogens is 1. The molecular formula is C15H28N4S. The van der Waals surface area contributed by atoms with Gasteiger partial charge in [-0.15, -0.1) is 11.3 Å². The molecule has 20 heavy (non-hydrogen) atoms. The molecular weight excluding hydrogens is 268 g/mol. The van der Waals surface area contributed by atoms with E-state index in [1.54, 1.807) is 0 Å². The summed E-state index contributed by atoms with van der Waals surface area (Å²) in [6, 6.07) is 0.589. The van der Waals surface area contributed by atoms with Crippen molar-refractivity contribution in [1.82, 2.24) is 20.1 Å². The number of hydrogen-bond acceptors (Lipinski definition) is 5. The number of piperazine rings is 1. The van der Waals surface area contributed by atoms with Crippen LogP contribution in [0.1, 0.15) is 30.2 Å². The molecule has 5 heteroatoms. The quantitative estimate of drug-likeness (QED) is 0.832. The monoisotopic (exact) mass is 296 g/mol. The van der Waals surface area contributed by atoms with E-state index >= 15 is 0 Å². The van der Waals surface area contributed by atoms with Crippen LogP contribution in [-0.2, 0) is 13.0 Å². The van der Waals surface area contributed by atoms with Gasteiger partial charge < -0.3 is 15.1 Å². The van der Waals surface area contributed by atoms with Crippen LogP contribution in [0, 0.1) is 0 Å². The lowest BCUT2D eigenvalue weighted by Crippen LogP contribution is -2.45. The van der Waals surface area contributed by atoms with Gasteiger partial charge in [-0.2, -0.15) is 0 Å². The topological polar surface area (TPSA) is 31.4 Å².